The molecule has 0 unspecified atom stereocenters. The molecule has 1 aliphatic rings. The van der Waals surface area contributed by atoms with Crippen molar-refractivity contribution in [2.24, 2.45) is 0 Å². The second-order valence-electron chi connectivity index (χ2n) is 5.11. The van der Waals surface area contributed by atoms with E-state index in [1.165, 1.54) is 14.2 Å². The maximum Gasteiger partial charge on any atom is 0.332 e. The zero-order valence-corrected chi connectivity index (χ0v) is 15.5. The lowest BCUT2D eigenvalue weighted by atomic mass is 9.78. The van der Waals surface area contributed by atoms with E-state index >= 15 is 0 Å². The molecule has 0 fully saturated rings. The maximum atomic E-state index is 12.7. The van der Waals surface area contributed by atoms with Crippen LogP contribution in [0.4, 0.5) is 0 Å². The van der Waals surface area contributed by atoms with Crippen LogP contribution in [0.5, 0.6) is 0 Å². The number of halogens is 2. The standard InChI is InChI=1S/C17H12Br2O4/c1-22-15(20)17(16(21)23-2)13-5-3-9(18)7-11(13)12-8-10(19)4-6-14(12)17/h3-8H,1-2H3. The highest BCUT2D eigenvalue weighted by molar-refractivity contribution is 9.10. The minimum Gasteiger partial charge on any atom is -0.468 e. The van der Waals surface area contributed by atoms with Gasteiger partial charge in [-0.05, 0) is 46.5 Å². The van der Waals surface area contributed by atoms with E-state index in [9.17, 15) is 9.59 Å². The highest BCUT2D eigenvalue weighted by Gasteiger charge is 2.57. The van der Waals surface area contributed by atoms with Crippen LogP contribution in [-0.4, -0.2) is 26.2 Å². The average Bonchev–Trinajstić information content (AvgIpc) is 2.83. The number of methoxy groups -OCH3 is 2. The van der Waals surface area contributed by atoms with Crippen LogP contribution in [0.3, 0.4) is 0 Å². The number of ether oxygens (including phenoxy) is 2. The lowest BCUT2D eigenvalue weighted by molar-refractivity contribution is -0.159. The third kappa shape index (κ3) is 2.16. The Hall–Kier alpha value is -1.66. The summed E-state index contributed by atoms with van der Waals surface area (Å²) < 4.78 is 11.7. The molecule has 2 aromatic rings. The van der Waals surface area contributed by atoms with Crippen LogP contribution in [0.25, 0.3) is 11.1 Å². The average molecular weight is 440 g/mol. The second-order valence-corrected chi connectivity index (χ2v) is 6.94. The van der Waals surface area contributed by atoms with Gasteiger partial charge in [-0.25, -0.2) is 0 Å². The normalized spacial score (nSPS) is 13.9. The monoisotopic (exact) mass is 438 g/mol. The molecule has 0 heterocycles. The molecule has 118 valence electrons. The first-order valence-electron chi connectivity index (χ1n) is 6.74. The van der Waals surface area contributed by atoms with Gasteiger partial charge in [0.15, 0.2) is 0 Å². The van der Waals surface area contributed by atoms with Crippen molar-refractivity contribution >= 4 is 43.8 Å². The van der Waals surface area contributed by atoms with Crippen molar-refractivity contribution in [2.75, 3.05) is 14.2 Å². The van der Waals surface area contributed by atoms with Crippen LogP contribution >= 0.6 is 31.9 Å². The highest BCUT2D eigenvalue weighted by atomic mass is 79.9. The minimum absolute atomic E-state index is 0.563. The summed E-state index contributed by atoms with van der Waals surface area (Å²) in [6.45, 7) is 0. The van der Waals surface area contributed by atoms with E-state index in [-0.39, 0.29) is 0 Å². The first-order valence-corrected chi connectivity index (χ1v) is 8.32. The van der Waals surface area contributed by atoms with E-state index in [0.717, 1.165) is 20.1 Å². The molecular formula is C17H12Br2O4. The third-order valence-corrected chi connectivity index (χ3v) is 5.03. The number of fused-ring (bicyclic) bond motifs is 3. The Kier molecular flexibility index (Phi) is 4.06. The van der Waals surface area contributed by atoms with Gasteiger partial charge in [-0.1, -0.05) is 44.0 Å². The summed E-state index contributed by atoms with van der Waals surface area (Å²) in [5.41, 5.74) is 1.12. The molecule has 0 bridgehead atoms. The molecule has 0 amide bonds. The zero-order valence-electron chi connectivity index (χ0n) is 12.4. The Bertz CT molecular complexity index is 760. The van der Waals surface area contributed by atoms with Crippen molar-refractivity contribution < 1.29 is 19.1 Å². The number of hydrogen-bond acceptors (Lipinski definition) is 4. The Balaban J connectivity index is 2.46. The number of rotatable bonds is 2. The van der Waals surface area contributed by atoms with Gasteiger partial charge in [0, 0.05) is 8.95 Å². The van der Waals surface area contributed by atoms with Gasteiger partial charge in [-0.15, -0.1) is 0 Å². The van der Waals surface area contributed by atoms with Gasteiger partial charge in [0.1, 0.15) is 0 Å². The third-order valence-electron chi connectivity index (χ3n) is 4.04. The zero-order chi connectivity index (χ0) is 16.8. The fourth-order valence-electron chi connectivity index (χ4n) is 3.11. The Morgan fingerprint density at radius 2 is 1.22 bits per heavy atom. The van der Waals surface area contributed by atoms with Crippen molar-refractivity contribution in [3.63, 3.8) is 0 Å². The van der Waals surface area contributed by atoms with E-state index in [1.807, 2.05) is 12.1 Å². The largest absolute Gasteiger partial charge is 0.468 e. The maximum absolute atomic E-state index is 12.7. The van der Waals surface area contributed by atoms with E-state index in [0.29, 0.717) is 11.1 Å². The Morgan fingerprint density at radius 3 is 1.57 bits per heavy atom. The molecule has 0 aliphatic heterocycles. The second kappa shape index (κ2) is 5.76. The molecule has 4 nitrogen and oxygen atoms in total. The van der Waals surface area contributed by atoms with E-state index in [2.05, 4.69) is 31.9 Å². The topological polar surface area (TPSA) is 52.6 Å². The molecule has 3 rings (SSSR count). The van der Waals surface area contributed by atoms with Gasteiger partial charge < -0.3 is 9.47 Å². The lowest BCUT2D eigenvalue weighted by Gasteiger charge is -2.25. The van der Waals surface area contributed by atoms with Crippen molar-refractivity contribution in [1.82, 2.24) is 0 Å². The minimum atomic E-state index is -1.60. The summed E-state index contributed by atoms with van der Waals surface area (Å²) in [6.07, 6.45) is 0. The van der Waals surface area contributed by atoms with Gasteiger partial charge in [-0.2, -0.15) is 0 Å². The van der Waals surface area contributed by atoms with Crippen LogP contribution in [0.1, 0.15) is 11.1 Å². The van der Waals surface area contributed by atoms with Crippen LogP contribution in [0.2, 0.25) is 0 Å². The fraction of sp³-hybridized carbons (Fsp3) is 0.176. The molecule has 0 radical (unpaired) electrons. The molecule has 0 saturated carbocycles. The summed E-state index contributed by atoms with van der Waals surface area (Å²) >= 11 is 6.87. The van der Waals surface area contributed by atoms with Crippen LogP contribution in [-0.2, 0) is 24.5 Å². The van der Waals surface area contributed by atoms with Crippen molar-refractivity contribution in [1.29, 1.82) is 0 Å². The van der Waals surface area contributed by atoms with Crippen molar-refractivity contribution in [3.8, 4) is 11.1 Å². The van der Waals surface area contributed by atoms with Crippen LogP contribution in [0, 0.1) is 0 Å². The predicted octanol–water partition coefficient (Wildman–Crippen LogP) is 3.82. The number of carbonyl (C=O) groups excluding carboxylic acids is 2. The summed E-state index contributed by atoms with van der Waals surface area (Å²) in [5, 5.41) is 0. The number of esters is 2. The quantitative estimate of drug-likeness (QED) is 0.527. The van der Waals surface area contributed by atoms with Crippen molar-refractivity contribution in [3.05, 3.63) is 56.5 Å². The van der Waals surface area contributed by atoms with Gasteiger partial charge in [0.2, 0.25) is 5.41 Å². The predicted molar refractivity (Wildman–Crippen MR) is 92.1 cm³/mol. The first-order chi connectivity index (χ1) is 11.0. The van der Waals surface area contributed by atoms with Crippen LogP contribution in [0.15, 0.2) is 45.3 Å². The molecule has 0 aromatic heterocycles. The molecule has 6 heteroatoms. The molecule has 0 N–H and O–H groups in total. The Labute approximate surface area is 150 Å². The molecule has 1 aliphatic carbocycles. The summed E-state index contributed by atoms with van der Waals surface area (Å²) in [4.78, 5) is 25.4. The molecular weight excluding hydrogens is 428 g/mol. The molecule has 0 spiro atoms. The molecule has 2 aromatic carbocycles. The summed E-state index contributed by atoms with van der Waals surface area (Å²) in [6, 6.07) is 10.9. The highest BCUT2D eigenvalue weighted by Crippen LogP contribution is 2.51. The molecule has 23 heavy (non-hydrogen) atoms. The molecule has 0 saturated heterocycles. The van der Waals surface area contributed by atoms with Gasteiger partial charge >= 0.3 is 11.9 Å². The first kappa shape index (κ1) is 16.2. The van der Waals surface area contributed by atoms with E-state index < -0.39 is 17.4 Å². The van der Waals surface area contributed by atoms with Gasteiger partial charge in [0.25, 0.3) is 0 Å². The van der Waals surface area contributed by atoms with Crippen LogP contribution < -0.4 is 0 Å². The fourth-order valence-corrected chi connectivity index (χ4v) is 3.83. The summed E-state index contributed by atoms with van der Waals surface area (Å²) in [7, 11) is 2.53. The van der Waals surface area contributed by atoms with Gasteiger partial charge in [-0.3, -0.25) is 9.59 Å². The summed E-state index contributed by atoms with van der Waals surface area (Å²) in [5.74, 6) is -1.32. The smallest absolute Gasteiger partial charge is 0.332 e. The Morgan fingerprint density at radius 1 is 0.826 bits per heavy atom. The SMILES string of the molecule is COC(=O)C1(C(=O)OC)c2ccc(Br)cc2-c2cc(Br)ccc21. The van der Waals surface area contributed by atoms with Crippen molar-refractivity contribution in [2.45, 2.75) is 5.41 Å². The number of hydrogen-bond donors (Lipinski definition) is 0. The van der Waals surface area contributed by atoms with E-state index in [4.69, 9.17) is 9.47 Å². The number of carbonyl (C=O) groups is 2. The number of benzene rings is 2. The van der Waals surface area contributed by atoms with Gasteiger partial charge in [0.05, 0.1) is 14.2 Å². The van der Waals surface area contributed by atoms with E-state index in [1.54, 1.807) is 24.3 Å². The molecule has 0 atom stereocenters. The lowest BCUT2D eigenvalue weighted by Crippen LogP contribution is -2.45.